The first-order valence-corrected chi connectivity index (χ1v) is 5.40. The van der Waals surface area contributed by atoms with Crippen molar-refractivity contribution in [3.8, 4) is 0 Å². The summed E-state index contributed by atoms with van der Waals surface area (Å²) in [5.74, 6) is 0.566. The van der Waals surface area contributed by atoms with Gasteiger partial charge in [-0.15, -0.1) is 0 Å². The van der Waals surface area contributed by atoms with Crippen molar-refractivity contribution in [1.29, 1.82) is 0 Å². The summed E-state index contributed by atoms with van der Waals surface area (Å²) >= 11 is 0. The van der Waals surface area contributed by atoms with Crippen LogP contribution in [0.3, 0.4) is 0 Å². The first-order chi connectivity index (χ1) is 7.08. The lowest BCUT2D eigenvalue weighted by Crippen LogP contribution is -2.65. The summed E-state index contributed by atoms with van der Waals surface area (Å²) in [5, 5.41) is 5.99. The van der Waals surface area contributed by atoms with E-state index in [-0.39, 0.29) is 6.17 Å². The molecule has 1 rings (SSSR count). The number of nitrogens with two attached hydrogens (primary N) is 3. The van der Waals surface area contributed by atoms with Crippen LogP contribution >= 0.6 is 0 Å². The molecule has 0 fully saturated rings. The third-order valence-corrected chi connectivity index (χ3v) is 2.70. The molecule has 0 spiro atoms. The van der Waals surface area contributed by atoms with Crippen molar-refractivity contribution in [2.24, 2.45) is 17.2 Å². The zero-order valence-electron chi connectivity index (χ0n) is 9.77. The Hall–Kier alpha value is -0.980. The van der Waals surface area contributed by atoms with E-state index in [2.05, 4.69) is 6.92 Å². The number of hydrazine groups is 2. The molecule has 0 aromatic heterocycles. The normalized spacial score (nSPS) is 25.1. The van der Waals surface area contributed by atoms with Crippen LogP contribution in [0.2, 0.25) is 0 Å². The van der Waals surface area contributed by atoms with Crippen molar-refractivity contribution < 1.29 is 0 Å². The zero-order valence-corrected chi connectivity index (χ0v) is 9.77. The number of hydrogen-bond acceptors (Lipinski definition) is 6. The van der Waals surface area contributed by atoms with E-state index >= 15 is 0 Å². The van der Waals surface area contributed by atoms with Crippen LogP contribution in [0.25, 0.3) is 0 Å². The SMILES string of the molecule is CCN1C(N)=C(N)C(N)N(CC)N1CC. The molecule has 0 saturated heterocycles. The summed E-state index contributed by atoms with van der Waals surface area (Å²) in [5.41, 5.74) is 18.4. The van der Waals surface area contributed by atoms with Gasteiger partial charge in [0.2, 0.25) is 0 Å². The molecule has 0 aliphatic carbocycles. The Morgan fingerprint density at radius 2 is 1.67 bits per heavy atom. The molecule has 0 aromatic carbocycles. The summed E-state index contributed by atoms with van der Waals surface area (Å²) < 4.78 is 0. The predicted octanol–water partition coefficient (Wildman–Crippen LogP) is -0.833. The van der Waals surface area contributed by atoms with Crippen molar-refractivity contribution in [1.82, 2.24) is 15.1 Å². The van der Waals surface area contributed by atoms with Gasteiger partial charge in [0.1, 0.15) is 12.0 Å². The summed E-state index contributed by atoms with van der Waals surface area (Å²) in [6, 6.07) is 0. The molecule has 0 amide bonds. The lowest BCUT2D eigenvalue weighted by Gasteiger charge is -2.48. The summed E-state index contributed by atoms with van der Waals surface area (Å²) in [6.45, 7) is 8.55. The highest BCUT2D eigenvalue weighted by Crippen LogP contribution is 2.19. The van der Waals surface area contributed by atoms with E-state index in [1.54, 1.807) is 0 Å². The molecule has 1 aliphatic rings. The molecule has 1 atom stereocenters. The number of nitrogens with zero attached hydrogens (tertiary/aromatic N) is 3. The van der Waals surface area contributed by atoms with Crippen LogP contribution in [0.4, 0.5) is 0 Å². The van der Waals surface area contributed by atoms with Gasteiger partial charge < -0.3 is 17.2 Å². The Labute approximate surface area is 91.2 Å². The minimum Gasteiger partial charge on any atom is -0.397 e. The predicted molar refractivity (Wildman–Crippen MR) is 60.5 cm³/mol. The van der Waals surface area contributed by atoms with Gasteiger partial charge >= 0.3 is 0 Å². The van der Waals surface area contributed by atoms with Crippen LogP contribution in [0.5, 0.6) is 0 Å². The highest BCUT2D eigenvalue weighted by molar-refractivity contribution is 5.14. The van der Waals surface area contributed by atoms with Crippen molar-refractivity contribution in [3.05, 3.63) is 11.5 Å². The van der Waals surface area contributed by atoms with Gasteiger partial charge in [0.15, 0.2) is 0 Å². The van der Waals surface area contributed by atoms with Crippen LogP contribution in [0.1, 0.15) is 20.8 Å². The lowest BCUT2D eigenvalue weighted by molar-refractivity contribution is -0.190. The van der Waals surface area contributed by atoms with E-state index in [1.807, 2.05) is 29.0 Å². The Morgan fingerprint density at radius 1 is 1.07 bits per heavy atom. The quantitative estimate of drug-likeness (QED) is 0.568. The van der Waals surface area contributed by atoms with Gasteiger partial charge in [0, 0.05) is 19.6 Å². The Morgan fingerprint density at radius 3 is 2.07 bits per heavy atom. The Bertz CT molecular complexity index is 251. The number of likely N-dealkylation sites (N-methyl/N-ethyl adjacent to an activating group) is 1. The van der Waals surface area contributed by atoms with E-state index in [4.69, 9.17) is 17.2 Å². The fraction of sp³-hybridized carbons (Fsp3) is 0.778. The third kappa shape index (κ3) is 1.88. The smallest absolute Gasteiger partial charge is 0.137 e. The number of rotatable bonds is 3. The average Bonchev–Trinajstić information content (AvgIpc) is 2.25. The number of hydrogen-bond donors (Lipinski definition) is 3. The molecule has 1 aliphatic heterocycles. The molecule has 0 bridgehead atoms. The first-order valence-electron chi connectivity index (χ1n) is 5.40. The molecular formula is C9H22N6. The fourth-order valence-electron chi connectivity index (χ4n) is 1.91. The van der Waals surface area contributed by atoms with Gasteiger partial charge in [0.25, 0.3) is 0 Å². The molecule has 15 heavy (non-hydrogen) atoms. The standard InChI is InChI=1S/C9H22N6/c1-4-13-8(11)7(10)9(12)14(5-2)15(13)6-3/h8H,4-6,10-12H2,1-3H3. The molecule has 1 heterocycles. The largest absolute Gasteiger partial charge is 0.397 e. The van der Waals surface area contributed by atoms with E-state index in [0.717, 1.165) is 19.6 Å². The van der Waals surface area contributed by atoms with Crippen LogP contribution in [0, 0.1) is 0 Å². The van der Waals surface area contributed by atoms with Crippen LogP contribution < -0.4 is 17.2 Å². The van der Waals surface area contributed by atoms with E-state index in [9.17, 15) is 0 Å². The van der Waals surface area contributed by atoms with Gasteiger partial charge in [-0.2, -0.15) is 5.12 Å². The minimum atomic E-state index is -0.322. The highest BCUT2D eigenvalue weighted by atomic mass is 15.9. The van der Waals surface area contributed by atoms with Gasteiger partial charge in [-0.25, -0.2) is 5.01 Å². The second-order valence-corrected chi connectivity index (χ2v) is 3.45. The lowest BCUT2D eigenvalue weighted by atomic mass is 10.3. The van der Waals surface area contributed by atoms with Crippen LogP contribution in [0.15, 0.2) is 11.5 Å². The second kappa shape index (κ2) is 4.69. The second-order valence-electron chi connectivity index (χ2n) is 3.45. The summed E-state index contributed by atoms with van der Waals surface area (Å²) in [6.07, 6.45) is -0.322. The van der Waals surface area contributed by atoms with Gasteiger partial charge in [-0.1, -0.05) is 6.92 Å². The molecule has 6 N–H and O–H groups in total. The fourth-order valence-corrected chi connectivity index (χ4v) is 1.91. The average molecular weight is 214 g/mol. The maximum Gasteiger partial charge on any atom is 0.137 e. The summed E-state index contributed by atoms with van der Waals surface area (Å²) in [4.78, 5) is 0. The minimum absolute atomic E-state index is 0.322. The van der Waals surface area contributed by atoms with Gasteiger partial charge in [-0.05, 0) is 13.8 Å². The van der Waals surface area contributed by atoms with Crippen molar-refractivity contribution in [2.75, 3.05) is 19.6 Å². The van der Waals surface area contributed by atoms with E-state index in [0.29, 0.717) is 11.5 Å². The van der Waals surface area contributed by atoms with Crippen molar-refractivity contribution >= 4 is 0 Å². The van der Waals surface area contributed by atoms with Gasteiger partial charge in [0.05, 0.1) is 5.70 Å². The molecular weight excluding hydrogens is 192 g/mol. The Kier molecular flexibility index (Phi) is 3.78. The van der Waals surface area contributed by atoms with E-state index < -0.39 is 0 Å². The highest BCUT2D eigenvalue weighted by Gasteiger charge is 2.33. The van der Waals surface area contributed by atoms with Crippen LogP contribution in [-0.2, 0) is 0 Å². The Balaban J connectivity index is 3.06. The molecule has 6 heteroatoms. The van der Waals surface area contributed by atoms with Crippen LogP contribution in [-0.4, -0.2) is 40.9 Å². The van der Waals surface area contributed by atoms with Crippen molar-refractivity contribution in [2.45, 2.75) is 26.9 Å². The van der Waals surface area contributed by atoms with Crippen molar-refractivity contribution in [3.63, 3.8) is 0 Å². The monoisotopic (exact) mass is 214 g/mol. The topological polar surface area (TPSA) is 87.8 Å². The third-order valence-electron chi connectivity index (χ3n) is 2.70. The molecule has 1 unspecified atom stereocenters. The maximum atomic E-state index is 6.00. The molecule has 6 nitrogen and oxygen atoms in total. The first kappa shape index (κ1) is 12.1. The maximum absolute atomic E-state index is 6.00. The van der Waals surface area contributed by atoms with E-state index in [1.165, 1.54) is 0 Å². The molecule has 0 saturated carbocycles. The molecule has 0 radical (unpaired) electrons. The molecule has 0 aromatic rings. The summed E-state index contributed by atoms with van der Waals surface area (Å²) in [7, 11) is 0. The zero-order chi connectivity index (χ0) is 11.6. The molecule has 88 valence electrons. The van der Waals surface area contributed by atoms with Gasteiger partial charge in [-0.3, -0.25) is 5.01 Å².